The average Bonchev–Trinajstić information content (AvgIpc) is 2.47. The Morgan fingerprint density at radius 3 is 2.62 bits per heavy atom. The number of halogens is 3. The zero-order chi connectivity index (χ0) is 15.5. The number of rotatable bonds is 3. The summed E-state index contributed by atoms with van der Waals surface area (Å²) in [4.78, 5) is 15.7. The van der Waals surface area contributed by atoms with Crippen molar-refractivity contribution in [3.05, 3.63) is 53.9 Å². The van der Waals surface area contributed by atoms with Crippen LogP contribution in [0.25, 0.3) is 0 Å². The van der Waals surface area contributed by atoms with Gasteiger partial charge in [-0.15, -0.1) is 0 Å². The molecule has 0 radical (unpaired) electrons. The van der Waals surface area contributed by atoms with E-state index < -0.39 is 17.6 Å². The van der Waals surface area contributed by atoms with Gasteiger partial charge in [-0.1, -0.05) is 0 Å². The van der Waals surface area contributed by atoms with Crippen LogP contribution < -0.4 is 10.1 Å². The minimum Gasteiger partial charge on any atom is -0.495 e. The number of alkyl halides is 3. The van der Waals surface area contributed by atoms with Crippen molar-refractivity contribution < 1.29 is 22.7 Å². The fourth-order valence-electron chi connectivity index (χ4n) is 1.67. The van der Waals surface area contributed by atoms with E-state index in [9.17, 15) is 18.0 Å². The summed E-state index contributed by atoms with van der Waals surface area (Å²) in [5.41, 5.74) is -0.692. The van der Waals surface area contributed by atoms with Crippen LogP contribution in [0.5, 0.6) is 5.75 Å². The molecule has 0 atom stereocenters. The molecule has 0 unspecified atom stereocenters. The molecule has 1 aromatic carbocycles. The summed E-state index contributed by atoms with van der Waals surface area (Å²) >= 11 is 0. The Kier molecular flexibility index (Phi) is 4.11. The molecule has 1 N–H and O–H groups in total. The lowest BCUT2D eigenvalue weighted by Gasteiger charge is -2.13. The number of pyridine rings is 1. The Bertz CT molecular complexity index is 642. The van der Waals surface area contributed by atoms with E-state index in [0.29, 0.717) is 0 Å². The van der Waals surface area contributed by atoms with Crippen LogP contribution in [0.1, 0.15) is 15.9 Å². The predicted molar refractivity (Wildman–Crippen MR) is 70.2 cm³/mol. The first kappa shape index (κ1) is 14.8. The topological polar surface area (TPSA) is 51.2 Å². The Labute approximate surface area is 118 Å². The second-order valence-corrected chi connectivity index (χ2v) is 4.11. The van der Waals surface area contributed by atoms with E-state index in [0.717, 1.165) is 18.2 Å². The minimum atomic E-state index is -4.50. The summed E-state index contributed by atoms with van der Waals surface area (Å²) in [7, 11) is 1.31. The molecule has 0 aliphatic rings. The van der Waals surface area contributed by atoms with Crippen LogP contribution >= 0.6 is 0 Å². The van der Waals surface area contributed by atoms with E-state index in [1.165, 1.54) is 25.6 Å². The largest absolute Gasteiger partial charge is 0.495 e. The van der Waals surface area contributed by atoms with Gasteiger partial charge in [0.15, 0.2) is 0 Å². The number of methoxy groups -OCH3 is 1. The number of carbonyl (C=O) groups excluding carboxylic acids is 1. The first-order valence-electron chi connectivity index (χ1n) is 5.88. The van der Waals surface area contributed by atoms with Gasteiger partial charge in [-0.2, -0.15) is 13.2 Å². The summed E-state index contributed by atoms with van der Waals surface area (Å²) < 4.78 is 43.1. The van der Waals surface area contributed by atoms with Gasteiger partial charge in [-0.05, 0) is 30.3 Å². The molecule has 7 heteroatoms. The van der Waals surface area contributed by atoms with Crippen LogP contribution in [-0.4, -0.2) is 18.0 Å². The first-order valence-corrected chi connectivity index (χ1v) is 5.88. The number of hydrogen-bond donors (Lipinski definition) is 1. The molecular weight excluding hydrogens is 285 g/mol. The van der Waals surface area contributed by atoms with Gasteiger partial charge in [0.1, 0.15) is 5.75 Å². The maximum Gasteiger partial charge on any atom is 0.416 e. The molecule has 2 rings (SSSR count). The predicted octanol–water partition coefficient (Wildman–Crippen LogP) is 3.36. The van der Waals surface area contributed by atoms with Gasteiger partial charge in [0, 0.05) is 12.4 Å². The summed E-state index contributed by atoms with van der Waals surface area (Å²) in [6.07, 6.45) is -1.70. The van der Waals surface area contributed by atoms with E-state index in [4.69, 9.17) is 4.74 Å². The molecule has 1 aromatic heterocycles. The van der Waals surface area contributed by atoms with Crippen LogP contribution in [0, 0.1) is 0 Å². The summed E-state index contributed by atoms with van der Waals surface area (Å²) in [6.45, 7) is 0. The third-order valence-corrected chi connectivity index (χ3v) is 2.70. The van der Waals surface area contributed by atoms with Gasteiger partial charge in [-0.3, -0.25) is 9.78 Å². The van der Waals surface area contributed by atoms with Crippen molar-refractivity contribution in [1.29, 1.82) is 0 Å². The highest BCUT2D eigenvalue weighted by molar-refractivity contribution is 6.04. The maximum absolute atomic E-state index is 12.7. The van der Waals surface area contributed by atoms with Crippen molar-refractivity contribution >= 4 is 11.6 Å². The molecule has 1 heterocycles. The van der Waals surface area contributed by atoms with Crippen molar-refractivity contribution in [3.63, 3.8) is 0 Å². The molecule has 0 aliphatic carbocycles. The van der Waals surface area contributed by atoms with E-state index in [2.05, 4.69) is 10.3 Å². The summed E-state index contributed by atoms with van der Waals surface area (Å²) in [6, 6.07) is 5.92. The molecule has 0 bridgehead atoms. The molecule has 0 fully saturated rings. The lowest BCUT2D eigenvalue weighted by molar-refractivity contribution is -0.137. The molecule has 0 spiro atoms. The van der Waals surface area contributed by atoms with Gasteiger partial charge in [0.05, 0.1) is 23.9 Å². The zero-order valence-corrected chi connectivity index (χ0v) is 10.9. The lowest BCUT2D eigenvalue weighted by atomic mass is 10.1. The molecular formula is C14H11F3N2O2. The molecule has 0 saturated heterocycles. The number of benzene rings is 1. The molecule has 0 aliphatic heterocycles. The van der Waals surface area contributed by atoms with Crippen molar-refractivity contribution in [1.82, 2.24) is 4.98 Å². The van der Waals surface area contributed by atoms with E-state index >= 15 is 0 Å². The third kappa shape index (κ3) is 3.50. The minimum absolute atomic E-state index is 0.0545. The number of carbonyl (C=O) groups is 1. The molecule has 21 heavy (non-hydrogen) atoms. The molecule has 2 aromatic rings. The average molecular weight is 296 g/mol. The highest BCUT2D eigenvalue weighted by atomic mass is 19.4. The quantitative estimate of drug-likeness (QED) is 0.945. The second-order valence-electron chi connectivity index (χ2n) is 4.11. The van der Waals surface area contributed by atoms with Crippen LogP contribution in [0.4, 0.5) is 18.9 Å². The molecule has 4 nitrogen and oxygen atoms in total. The lowest BCUT2D eigenvalue weighted by Crippen LogP contribution is -2.14. The molecule has 1 amide bonds. The van der Waals surface area contributed by atoms with Crippen LogP contribution in [0.3, 0.4) is 0 Å². The van der Waals surface area contributed by atoms with Gasteiger partial charge < -0.3 is 10.1 Å². The SMILES string of the molecule is COc1ccc(C(F)(F)F)cc1NC(=O)c1cccnc1. The number of amides is 1. The fraction of sp³-hybridized carbons (Fsp3) is 0.143. The zero-order valence-electron chi connectivity index (χ0n) is 10.9. The van der Waals surface area contributed by atoms with Gasteiger partial charge >= 0.3 is 6.18 Å². The smallest absolute Gasteiger partial charge is 0.416 e. The Morgan fingerprint density at radius 2 is 2.05 bits per heavy atom. The van der Waals surface area contributed by atoms with Crippen molar-refractivity contribution in [2.24, 2.45) is 0 Å². The van der Waals surface area contributed by atoms with E-state index in [1.807, 2.05) is 0 Å². The van der Waals surface area contributed by atoms with Crippen molar-refractivity contribution in [2.75, 3.05) is 12.4 Å². The number of aromatic nitrogens is 1. The molecule has 0 saturated carbocycles. The monoisotopic (exact) mass is 296 g/mol. The van der Waals surface area contributed by atoms with Crippen LogP contribution in [0.15, 0.2) is 42.7 Å². The van der Waals surface area contributed by atoms with Gasteiger partial charge in [0.25, 0.3) is 5.91 Å². The Morgan fingerprint density at radius 1 is 1.29 bits per heavy atom. The first-order chi connectivity index (χ1) is 9.91. The van der Waals surface area contributed by atoms with Gasteiger partial charge in [0.2, 0.25) is 0 Å². The number of nitrogens with one attached hydrogen (secondary N) is 1. The summed E-state index contributed by atoms with van der Waals surface area (Å²) in [5.74, 6) is -0.430. The Balaban J connectivity index is 2.32. The normalized spacial score (nSPS) is 11.0. The number of ether oxygens (including phenoxy) is 1. The number of nitrogens with zero attached hydrogens (tertiary/aromatic N) is 1. The fourth-order valence-corrected chi connectivity index (χ4v) is 1.67. The standard InChI is InChI=1S/C14H11F3N2O2/c1-21-12-5-4-10(14(15,16)17)7-11(12)19-13(20)9-3-2-6-18-8-9/h2-8H,1H3,(H,19,20). The van der Waals surface area contributed by atoms with Crippen LogP contribution in [-0.2, 0) is 6.18 Å². The maximum atomic E-state index is 12.7. The number of anilines is 1. The van der Waals surface area contributed by atoms with Crippen molar-refractivity contribution in [2.45, 2.75) is 6.18 Å². The number of hydrogen-bond acceptors (Lipinski definition) is 3. The second kappa shape index (κ2) is 5.82. The van der Waals surface area contributed by atoms with Crippen LogP contribution in [0.2, 0.25) is 0 Å². The third-order valence-electron chi connectivity index (χ3n) is 2.70. The van der Waals surface area contributed by atoms with Crippen molar-refractivity contribution in [3.8, 4) is 5.75 Å². The van der Waals surface area contributed by atoms with E-state index in [1.54, 1.807) is 6.07 Å². The highest BCUT2D eigenvalue weighted by Crippen LogP contribution is 2.35. The highest BCUT2D eigenvalue weighted by Gasteiger charge is 2.31. The van der Waals surface area contributed by atoms with E-state index in [-0.39, 0.29) is 17.0 Å². The van der Waals surface area contributed by atoms with Gasteiger partial charge in [-0.25, -0.2) is 0 Å². The Hall–Kier alpha value is -2.57. The summed E-state index contributed by atoms with van der Waals surface area (Å²) in [5, 5.41) is 2.39. The molecule has 110 valence electrons.